The molecule has 0 radical (unpaired) electrons. The summed E-state index contributed by atoms with van der Waals surface area (Å²) in [6.45, 7) is 3.56. The van der Waals surface area contributed by atoms with Crippen LogP contribution in [0.2, 0.25) is 0 Å². The number of carbonyl (C=O) groups excluding carboxylic acids is 1. The Labute approximate surface area is 154 Å². The van der Waals surface area contributed by atoms with Gasteiger partial charge in [0.05, 0.1) is 31.6 Å². The van der Waals surface area contributed by atoms with E-state index in [0.717, 1.165) is 30.0 Å². The number of nitrogens with zero attached hydrogens (tertiary/aromatic N) is 1. The lowest BCUT2D eigenvalue weighted by molar-refractivity contribution is 0.0600. The Bertz CT molecular complexity index is 753. The predicted molar refractivity (Wildman–Crippen MR) is 105 cm³/mol. The van der Waals surface area contributed by atoms with Gasteiger partial charge in [0, 0.05) is 25.3 Å². The first kappa shape index (κ1) is 18.0. The summed E-state index contributed by atoms with van der Waals surface area (Å²) < 4.78 is 10.4. The van der Waals surface area contributed by atoms with E-state index in [-0.39, 0.29) is 5.97 Å². The van der Waals surface area contributed by atoms with E-state index >= 15 is 0 Å². The molecule has 0 spiro atoms. The molecule has 2 aromatic carbocycles. The zero-order valence-electron chi connectivity index (χ0n) is 15.0. The third kappa shape index (κ3) is 4.64. The van der Waals surface area contributed by atoms with Crippen molar-refractivity contribution in [1.82, 2.24) is 0 Å². The molecule has 1 aliphatic heterocycles. The predicted octanol–water partition coefficient (Wildman–Crippen LogP) is 3.44. The SMILES string of the molecule is COC(=O)c1cc(NC/C=C/c2ccccc2)ccc1N1CCOCC1. The zero-order valence-corrected chi connectivity index (χ0v) is 15.0. The van der Waals surface area contributed by atoms with E-state index in [1.54, 1.807) is 0 Å². The molecule has 26 heavy (non-hydrogen) atoms. The quantitative estimate of drug-likeness (QED) is 0.807. The molecule has 0 amide bonds. The number of hydrogen-bond acceptors (Lipinski definition) is 5. The van der Waals surface area contributed by atoms with Crippen LogP contribution in [-0.2, 0) is 9.47 Å². The molecule has 0 aliphatic carbocycles. The van der Waals surface area contributed by atoms with E-state index < -0.39 is 0 Å². The Kier molecular flexibility index (Phi) is 6.28. The molecular formula is C21H24N2O3. The second kappa shape index (κ2) is 9.06. The maximum atomic E-state index is 12.2. The summed E-state index contributed by atoms with van der Waals surface area (Å²) in [4.78, 5) is 14.4. The first-order chi connectivity index (χ1) is 12.8. The zero-order chi connectivity index (χ0) is 18.2. The highest BCUT2D eigenvalue weighted by atomic mass is 16.5. The van der Waals surface area contributed by atoms with E-state index in [2.05, 4.69) is 34.5 Å². The second-order valence-corrected chi connectivity index (χ2v) is 6.02. The summed E-state index contributed by atoms with van der Waals surface area (Å²) in [5, 5.41) is 3.33. The van der Waals surface area contributed by atoms with Crippen LogP contribution in [0.15, 0.2) is 54.6 Å². The summed E-state index contributed by atoms with van der Waals surface area (Å²) in [5.41, 5.74) is 3.52. The number of esters is 1. The Morgan fingerprint density at radius 1 is 1.19 bits per heavy atom. The lowest BCUT2D eigenvalue weighted by atomic mass is 10.1. The smallest absolute Gasteiger partial charge is 0.340 e. The van der Waals surface area contributed by atoms with Crippen LogP contribution in [0, 0.1) is 0 Å². The number of carbonyl (C=O) groups is 1. The van der Waals surface area contributed by atoms with Gasteiger partial charge in [0.1, 0.15) is 0 Å². The lowest BCUT2D eigenvalue weighted by Gasteiger charge is -2.30. The van der Waals surface area contributed by atoms with Crippen LogP contribution in [0.3, 0.4) is 0 Å². The summed E-state index contributed by atoms with van der Waals surface area (Å²) >= 11 is 0. The van der Waals surface area contributed by atoms with Gasteiger partial charge in [-0.05, 0) is 23.8 Å². The Morgan fingerprint density at radius 3 is 2.69 bits per heavy atom. The number of nitrogens with one attached hydrogen (secondary N) is 1. The summed E-state index contributed by atoms with van der Waals surface area (Å²) in [6, 6.07) is 16.0. The number of hydrogen-bond donors (Lipinski definition) is 1. The molecule has 5 heteroatoms. The van der Waals surface area contributed by atoms with E-state index in [0.29, 0.717) is 25.3 Å². The van der Waals surface area contributed by atoms with E-state index in [9.17, 15) is 4.79 Å². The van der Waals surface area contributed by atoms with Crippen molar-refractivity contribution >= 4 is 23.4 Å². The Morgan fingerprint density at radius 2 is 1.96 bits per heavy atom. The molecule has 0 aromatic heterocycles. The second-order valence-electron chi connectivity index (χ2n) is 6.02. The number of rotatable bonds is 6. The number of ether oxygens (including phenoxy) is 2. The molecule has 3 rings (SSSR count). The summed E-state index contributed by atoms with van der Waals surface area (Å²) in [6.07, 6.45) is 4.12. The van der Waals surface area contributed by atoms with Crippen LogP contribution in [0.5, 0.6) is 0 Å². The van der Waals surface area contributed by atoms with Crippen molar-refractivity contribution in [3.63, 3.8) is 0 Å². The number of methoxy groups -OCH3 is 1. The molecule has 1 fully saturated rings. The number of benzene rings is 2. The van der Waals surface area contributed by atoms with Gasteiger partial charge in [-0.3, -0.25) is 0 Å². The normalized spacial score (nSPS) is 14.4. The average Bonchev–Trinajstić information content (AvgIpc) is 2.72. The highest BCUT2D eigenvalue weighted by Gasteiger charge is 2.19. The fourth-order valence-electron chi connectivity index (χ4n) is 2.94. The van der Waals surface area contributed by atoms with Crippen LogP contribution >= 0.6 is 0 Å². The molecule has 1 saturated heterocycles. The van der Waals surface area contributed by atoms with Gasteiger partial charge in [-0.2, -0.15) is 0 Å². The van der Waals surface area contributed by atoms with Crippen molar-refractivity contribution in [3.05, 3.63) is 65.7 Å². The van der Waals surface area contributed by atoms with Crippen molar-refractivity contribution in [3.8, 4) is 0 Å². The highest BCUT2D eigenvalue weighted by Crippen LogP contribution is 2.26. The standard InChI is InChI=1S/C21H24N2O3/c1-25-21(24)19-16-18(9-10-20(19)23-12-14-26-15-13-23)22-11-5-8-17-6-3-2-4-7-17/h2-10,16,22H,11-15H2,1H3/b8-5+. The van der Waals surface area contributed by atoms with Crippen LogP contribution in [0.4, 0.5) is 11.4 Å². The van der Waals surface area contributed by atoms with Crippen LogP contribution in [0.1, 0.15) is 15.9 Å². The molecule has 2 aromatic rings. The van der Waals surface area contributed by atoms with Gasteiger partial charge in [-0.15, -0.1) is 0 Å². The van der Waals surface area contributed by atoms with Crippen molar-refractivity contribution in [2.24, 2.45) is 0 Å². The van der Waals surface area contributed by atoms with Crippen LogP contribution in [-0.4, -0.2) is 45.9 Å². The molecule has 0 unspecified atom stereocenters. The van der Waals surface area contributed by atoms with Gasteiger partial charge in [-0.25, -0.2) is 4.79 Å². The third-order valence-electron chi connectivity index (χ3n) is 4.29. The van der Waals surface area contributed by atoms with Gasteiger partial charge in [0.25, 0.3) is 0 Å². The first-order valence-electron chi connectivity index (χ1n) is 8.78. The monoisotopic (exact) mass is 352 g/mol. The fraction of sp³-hybridized carbons (Fsp3) is 0.286. The van der Waals surface area contributed by atoms with Gasteiger partial charge >= 0.3 is 5.97 Å². The number of anilines is 2. The van der Waals surface area contributed by atoms with Crippen molar-refractivity contribution < 1.29 is 14.3 Å². The summed E-state index contributed by atoms with van der Waals surface area (Å²) in [5.74, 6) is -0.324. The molecule has 5 nitrogen and oxygen atoms in total. The van der Waals surface area contributed by atoms with Gasteiger partial charge in [-0.1, -0.05) is 42.5 Å². The minimum atomic E-state index is -0.324. The lowest BCUT2D eigenvalue weighted by Crippen LogP contribution is -2.37. The molecular weight excluding hydrogens is 328 g/mol. The molecule has 0 saturated carbocycles. The van der Waals surface area contributed by atoms with Crippen molar-refractivity contribution in [1.29, 1.82) is 0 Å². The maximum Gasteiger partial charge on any atom is 0.340 e. The Balaban J connectivity index is 1.69. The molecule has 136 valence electrons. The minimum absolute atomic E-state index is 0.324. The van der Waals surface area contributed by atoms with Gasteiger partial charge in [0.2, 0.25) is 0 Å². The molecule has 1 N–H and O–H groups in total. The van der Waals surface area contributed by atoms with E-state index in [1.165, 1.54) is 7.11 Å². The topological polar surface area (TPSA) is 50.8 Å². The van der Waals surface area contributed by atoms with E-state index in [4.69, 9.17) is 9.47 Å². The van der Waals surface area contributed by atoms with Crippen molar-refractivity contribution in [2.45, 2.75) is 0 Å². The minimum Gasteiger partial charge on any atom is -0.465 e. The third-order valence-corrected chi connectivity index (χ3v) is 4.29. The van der Waals surface area contributed by atoms with E-state index in [1.807, 2.05) is 36.4 Å². The Hall–Kier alpha value is -2.79. The summed E-state index contributed by atoms with van der Waals surface area (Å²) in [7, 11) is 1.41. The molecule has 0 bridgehead atoms. The fourth-order valence-corrected chi connectivity index (χ4v) is 2.94. The first-order valence-corrected chi connectivity index (χ1v) is 8.78. The average molecular weight is 352 g/mol. The number of morpholine rings is 1. The highest BCUT2D eigenvalue weighted by molar-refractivity contribution is 5.97. The van der Waals surface area contributed by atoms with Crippen LogP contribution < -0.4 is 10.2 Å². The largest absolute Gasteiger partial charge is 0.465 e. The van der Waals surface area contributed by atoms with Crippen LogP contribution in [0.25, 0.3) is 6.08 Å². The molecule has 1 aliphatic rings. The molecule has 0 atom stereocenters. The van der Waals surface area contributed by atoms with Gasteiger partial charge in [0.15, 0.2) is 0 Å². The molecule has 1 heterocycles. The van der Waals surface area contributed by atoms with Gasteiger partial charge < -0.3 is 19.7 Å². The maximum absolute atomic E-state index is 12.2. The van der Waals surface area contributed by atoms with Crippen molar-refractivity contribution in [2.75, 3.05) is 50.2 Å².